The van der Waals surface area contributed by atoms with Gasteiger partial charge in [-0.15, -0.1) is 0 Å². The highest BCUT2D eigenvalue weighted by Gasteiger charge is 2.34. The van der Waals surface area contributed by atoms with Gasteiger partial charge in [0, 0.05) is 18.0 Å². The van der Waals surface area contributed by atoms with Crippen molar-refractivity contribution in [3.63, 3.8) is 0 Å². The third-order valence-electron chi connectivity index (χ3n) is 5.10. The smallest absolute Gasteiger partial charge is 0.223 e. The molecule has 0 radical (unpaired) electrons. The summed E-state index contributed by atoms with van der Waals surface area (Å²) >= 11 is 0. The van der Waals surface area contributed by atoms with Crippen LogP contribution in [0.3, 0.4) is 0 Å². The van der Waals surface area contributed by atoms with E-state index in [-0.39, 0.29) is 11.8 Å². The molecule has 0 saturated heterocycles. The molecule has 2 aliphatic rings. The van der Waals surface area contributed by atoms with Crippen molar-refractivity contribution in [1.82, 2.24) is 5.32 Å². The second-order valence-corrected chi connectivity index (χ2v) is 7.62. The van der Waals surface area contributed by atoms with Gasteiger partial charge in [-0.1, -0.05) is 27.2 Å². The largest absolute Gasteiger partial charge is 0.353 e. The number of rotatable bonds is 2. The van der Waals surface area contributed by atoms with Gasteiger partial charge in [0.05, 0.1) is 0 Å². The van der Waals surface area contributed by atoms with Crippen molar-refractivity contribution in [3.05, 3.63) is 0 Å². The van der Waals surface area contributed by atoms with Gasteiger partial charge >= 0.3 is 0 Å². The van der Waals surface area contributed by atoms with E-state index < -0.39 is 0 Å². The minimum absolute atomic E-state index is 0.185. The summed E-state index contributed by atoms with van der Waals surface area (Å²) in [5, 5.41) is 3.31. The molecule has 3 N–H and O–H groups in total. The van der Waals surface area contributed by atoms with Crippen LogP contribution in [0.2, 0.25) is 0 Å². The Kier molecular flexibility index (Phi) is 4.54. The van der Waals surface area contributed by atoms with Gasteiger partial charge in [-0.2, -0.15) is 0 Å². The molecule has 0 aromatic rings. The molecular weight excluding hydrogens is 236 g/mol. The first-order valence-electron chi connectivity index (χ1n) is 7.93. The molecule has 0 aliphatic heterocycles. The number of carbonyl (C=O) groups excluding carboxylic acids is 1. The maximum atomic E-state index is 12.4. The molecule has 0 spiro atoms. The zero-order valence-corrected chi connectivity index (χ0v) is 12.7. The molecule has 3 nitrogen and oxygen atoms in total. The number of hydrogen-bond acceptors (Lipinski definition) is 2. The van der Waals surface area contributed by atoms with E-state index in [1.54, 1.807) is 0 Å². The minimum atomic E-state index is 0.185. The SMILES string of the molecule is CC1CC(N)CCC1C(=O)NC1CCCC(C)(C)C1. The first-order valence-corrected chi connectivity index (χ1v) is 7.93. The van der Waals surface area contributed by atoms with Crippen LogP contribution in [0.4, 0.5) is 0 Å². The molecule has 4 unspecified atom stereocenters. The Hall–Kier alpha value is -0.570. The third kappa shape index (κ3) is 3.95. The van der Waals surface area contributed by atoms with Crippen LogP contribution < -0.4 is 11.1 Å². The van der Waals surface area contributed by atoms with Gasteiger partial charge in [0.15, 0.2) is 0 Å². The molecule has 0 aromatic heterocycles. The fourth-order valence-corrected chi connectivity index (χ4v) is 3.96. The fourth-order valence-electron chi connectivity index (χ4n) is 3.96. The molecule has 4 atom stereocenters. The van der Waals surface area contributed by atoms with E-state index in [0.29, 0.717) is 23.4 Å². The van der Waals surface area contributed by atoms with Crippen molar-refractivity contribution in [3.8, 4) is 0 Å². The Morgan fingerprint density at radius 2 is 2.00 bits per heavy atom. The molecule has 2 aliphatic carbocycles. The highest BCUT2D eigenvalue weighted by Crippen LogP contribution is 2.36. The lowest BCUT2D eigenvalue weighted by atomic mass is 9.74. The minimum Gasteiger partial charge on any atom is -0.353 e. The molecule has 2 rings (SSSR count). The number of nitrogens with two attached hydrogens (primary N) is 1. The molecule has 1 amide bonds. The molecule has 2 saturated carbocycles. The molecule has 0 bridgehead atoms. The average Bonchev–Trinajstić information content (AvgIpc) is 2.27. The van der Waals surface area contributed by atoms with E-state index in [1.165, 1.54) is 12.8 Å². The molecule has 19 heavy (non-hydrogen) atoms. The van der Waals surface area contributed by atoms with Gasteiger partial charge < -0.3 is 11.1 Å². The maximum Gasteiger partial charge on any atom is 0.223 e. The molecule has 3 heteroatoms. The van der Waals surface area contributed by atoms with Crippen molar-refractivity contribution in [2.24, 2.45) is 23.0 Å². The Morgan fingerprint density at radius 1 is 1.26 bits per heavy atom. The first kappa shape index (κ1) is 14.8. The van der Waals surface area contributed by atoms with Gasteiger partial charge in [0.25, 0.3) is 0 Å². The zero-order chi connectivity index (χ0) is 14.0. The summed E-state index contributed by atoms with van der Waals surface area (Å²) in [5.74, 6) is 0.896. The third-order valence-corrected chi connectivity index (χ3v) is 5.10. The van der Waals surface area contributed by atoms with Crippen molar-refractivity contribution in [1.29, 1.82) is 0 Å². The number of amides is 1. The highest BCUT2D eigenvalue weighted by molar-refractivity contribution is 5.79. The van der Waals surface area contributed by atoms with E-state index in [2.05, 4.69) is 26.1 Å². The Bertz CT molecular complexity index is 327. The van der Waals surface area contributed by atoms with Crippen LogP contribution in [-0.4, -0.2) is 18.0 Å². The Labute approximate surface area is 117 Å². The van der Waals surface area contributed by atoms with Crippen LogP contribution in [0, 0.1) is 17.3 Å². The van der Waals surface area contributed by atoms with Crippen LogP contribution in [0.5, 0.6) is 0 Å². The lowest BCUT2D eigenvalue weighted by Crippen LogP contribution is -2.46. The maximum absolute atomic E-state index is 12.4. The van der Waals surface area contributed by atoms with Crippen LogP contribution in [0.15, 0.2) is 0 Å². The van der Waals surface area contributed by atoms with E-state index >= 15 is 0 Å². The summed E-state index contributed by atoms with van der Waals surface area (Å²) in [6, 6.07) is 0.687. The zero-order valence-electron chi connectivity index (χ0n) is 12.7. The second-order valence-electron chi connectivity index (χ2n) is 7.62. The van der Waals surface area contributed by atoms with E-state index in [0.717, 1.165) is 32.1 Å². The van der Waals surface area contributed by atoms with Crippen LogP contribution in [0.25, 0.3) is 0 Å². The standard InChI is InChI=1S/C16H30N2O/c1-11-9-12(17)6-7-14(11)15(19)18-13-5-4-8-16(2,3)10-13/h11-14H,4-10,17H2,1-3H3,(H,18,19). The van der Waals surface area contributed by atoms with Crippen LogP contribution in [0.1, 0.15) is 65.7 Å². The molecule has 0 heterocycles. The summed E-state index contributed by atoms with van der Waals surface area (Å²) < 4.78 is 0. The van der Waals surface area contributed by atoms with Crippen molar-refractivity contribution < 1.29 is 4.79 Å². The molecule has 110 valence electrons. The van der Waals surface area contributed by atoms with Gasteiger partial charge in [-0.25, -0.2) is 0 Å². The Morgan fingerprint density at radius 3 is 2.63 bits per heavy atom. The lowest BCUT2D eigenvalue weighted by molar-refractivity contribution is -0.128. The van der Waals surface area contributed by atoms with Gasteiger partial charge in [-0.05, 0) is 49.9 Å². The van der Waals surface area contributed by atoms with Gasteiger partial charge in [0.1, 0.15) is 0 Å². The van der Waals surface area contributed by atoms with E-state index in [1.807, 2.05) is 0 Å². The molecule has 2 fully saturated rings. The predicted molar refractivity (Wildman–Crippen MR) is 78.7 cm³/mol. The van der Waals surface area contributed by atoms with E-state index in [4.69, 9.17) is 5.73 Å². The van der Waals surface area contributed by atoms with Crippen molar-refractivity contribution >= 4 is 5.91 Å². The quantitative estimate of drug-likeness (QED) is 0.807. The molecular formula is C16H30N2O. The van der Waals surface area contributed by atoms with Crippen molar-refractivity contribution in [2.75, 3.05) is 0 Å². The monoisotopic (exact) mass is 266 g/mol. The fraction of sp³-hybridized carbons (Fsp3) is 0.938. The normalized spacial score (nSPS) is 38.7. The van der Waals surface area contributed by atoms with Gasteiger partial charge in [0.2, 0.25) is 5.91 Å². The summed E-state index contributed by atoms with van der Waals surface area (Å²) in [7, 11) is 0. The van der Waals surface area contributed by atoms with Gasteiger partial charge in [-0.3, -0.25) is 4.79 Å². The topological polar surface area (TPSA) is 55.1 Å². The number of hydrogen-bond donors (Lipinski definition) is 2. The predicted octanol–water partition coefficient (Wildman–Crippen LogP) is 2.83. The van der Waals surface area contributed by atoms with Crippen LogP contribution in [-0.2, 0) is 4.79 Å². The lowest BCUT2D eigenvalue weighted by Gasteiger charge is -2.37. The van der Waals surface area contributed by atoms with Crippen LogP contribution >= 0.6 is 0 Å². The number of carbonyl (C=O) groups is 1. The summed E-state index contributed by atoms with van der Waals surface area (Å²) in [4.78, 5) is 12.4. The second kappa shape index (κ2) is 5.82. The Balaban J connectivity index is 1.87. The summed E-state index contributed by atoms with van der Waals surface area (Å²) in [6.45, 7) is 6.80. The number of nitrogens with one attached hydrogen (secondary N) is 1. The summed E-state index contributed by atoms with van der Waals surface area (Å²) in [6.07, 6.45) is 7.75. The highest BCUT2D eigenvalue weighted by atomic mass is 16.2. The molecule has 0 aromatic carbocycles. The average molecular weight is 266 g/mol. The van der Waals surface area contributed by atoms with Crippen molar-refractivity contribution in [2.45, 2.75) is 77.8 Å². The van der Waals surface area contributed by atoms with E-state index in [9.17, 15) is 4.79 Å². The first-order chi connectivity index (χ1) is 8.87. The summed E-state index contributed by atoms with van der Waals surface area (Å²) in [5.41, 5.74) is 6.36.